The zero-order chi connectivity index (χ0) is 18.0. The molecule has 3 aromatic rings. The molecule has 0 amide bonds. The van der Waals surface area contributed by atoms with Crippen molar-refractivity contribution in [1.29, 1.82) is 0 Å². The summed E-state index contributed by atoms with van der Waals surface area (Å²) in [4.78, 5) is 15.4. The van der Waals surface area contributed by atoms with Crippen LogP contribution in [0, 0.1) is 17.5 Å². The van der Waals surface area contributed by atoms with Gasteiger partial charge in [-0.1, -0.05) is 24.3 Å². The molecule has 2 aromatic carbocycles. The Bertz CT molecular complexity index is 938. The third-order valence-corrected chi connectivity index (χ3v) is 3.85. The van der Waals surface area contributed by atoms with Gasteiger partial charge in [-0.05, 0) is 23.3 Å². The second-order valence-corrected chi connectivity index (χ2v) is 5.44. The minimum absolute atomic E-state index is 0.0298. The van der Waals surface area contributed by atoms with Crippen LogP contribution in [-0.2, 0) is 13.0 Å². The van der Waals surface area contributed by atoms with Crippen LogP contribution in [0.1, 0.15) is 27.3 Å². The monoisotopic (exact) mass is 346 g/mol. The van der Waals surface area contributed by atoms with Crippen molar-refractivity contribution >= 4 is 5.97 Å². The fourth-order valence-electron chi connectivity index (χ4n) is 2.57. The molecule has 0 radical (unpaired) electrons. The summed E-state index contributed by atoms with van der Waals surface area (Å²) in [5.74, 6) is -4.67. The quantitative estimate of drug-likeness (QED) is 0.718. The van der Waals surface area contributed by atoms with Gasteiger partial charge in [-0.2, -0.15) is 0 Å². The first kappa shape index (κ1) is 16.8. The molecule has 128 valence electrons. The average Bonchev–Trinajstić information content (AvgIpc) is 3.02. The molecule has 0 saturated heterocycles. The van der Waals surface area contributed by atoms with Crippen molar-refractivity contribution in [2.24, 2.45) is 0 Å². The van der Waals surface area contributed by atoms with Crippen molar-refractivity contribution in [2.75, 3.05) is 0 Å². The van der Waals surface area contributed by atoms with Crippen molar-refractivity contribution in [3.05, 3.63) is 88.8 Å². The first-order valence-corrected chi connectivity index (χ1v) is 7.41. The Labute approximate surface area is 141 Å². The lowest BCUT2D eigenvalue weighted by Gasteiger charge is -2.11. The van der Waals surface area contributed by atoms with Crippen molar-refractivity contribution in [3.8, 4) is 0 Å². The number of imidazole rings is 1. The third-order valence-electron chi connectivity index (χ3n) is 3.85. The molecule has 0 aliphatic heterocycles. The molecule has 0 saturated carbocycles. The normalized spacial score (nSPS) is 10.8. The fourth-order valence-corrected chi connectivity index (χ4v) is 2.57. The topological polar surface area (TPSA) is 55.1 Å². The Morgan fingerprint density at radius 2 is 1.80 bits per heavy atom. The van der Waals surface area contributed by atoms with Crippen LogP contribution >= 0.6 is 0 Å². The number of hydrogen-bond acceptors (Lipinski definition) is 2. The van der Waals surface area contributed by atoms with Crippen LogP contribution in [0.2, 0.25) is 0 Å². The highest BCUT2D eigenvalue weighted by Gasteiger charge is 2.16. The number of carboxylic acid groups (broad SMARTS) is 1. The zero-order valence-electron chi connectivity index (χ0n) is 12.9. The molecule has 1 aromatic heterocycles. The molecule has 0 bridgehead atoms. The second-order valence-electron chi connectivity index (χ2n) is 5.44. The standard InChI is InChI=1S/C18H13F3N2O2/c19-14-6-5-11(16(20)17(14)21)9-15-22-7-8-23(15)10-12-3-1-2-4-13(12)18(24)25/h1-8H,9-10H2,(H,24,25). The van der Waals surface area contributed by atoms with E-state index >= 15 is 0 Å². The van der Waals surface area contributed by atoms with Gasteiger partial charge in [0.15, 0.2) is 17.5 Å². The maximum Gasteiger partial charge on any atom is 0.336 e. The molecule has 0 fully saturated rings. The number of aromatic carboxylic acids is 1. The van der Waals surface area contributed by atoms with E-state index in [0.717, 1.165) is 12.1 Å². The number of aromatic nitrogens is 2. The summed E-state index contributed by atoms with van der Waals surface area (Å²) in [5, 5.41) is 9.24. The van der Waals surface area contributed by atoms with Gasteiger partial charge >= 0.3 is 5.97 Å². The van der Waals surface area contributed by atoms with Gasteiger partial charge < -0.3 is 9.67 Å². The first-order valence-electron chi connectivity index (χ1n) is 7.41. The summed E-state index contributed by atoms with van der Waals surface area (Å²) in [6.07, 6.45) is 3.05. The molecule has 25 heavy (non-hydrogen) atoms. The number of benzene rings is 2. The van der Waals surface area contributed by atoms with Gasteiger partial charge in [-0.3, -0.25) is 0 Å². The van der Waals surface area contributed by atoms with Gasteiger partial charge in [0.25, 0.3) is 0 Å². The number of carboxylic acids is 1. The van der Waals surface area contributed by atoms with E-state index in [1.807, 2.05) is 0 Å². The molecule has 3 rings (SSSR count). The molecule has 0 unspecified atom stereocenters. The molecule has 7 heteroatoms. The van der Waals surface area contributed by atoms with E-state index in [0.29, 0.717) is 11.4 Å². The average molecular weight is 346 g/mol. The van der Waals surface area contributed by atoms with Crippen LogP contribution < -0.4 is 0 Å². The zero-order valence-corrected chi connectivity index (χ0v) is 12.9. The molecular formula is C18H13F3N2O2. The summed E-state index contributed by atoms with van der Waals surface area (Å²) < 4.78 is 41.9. The fraction of sp³-hybridized carbons (Fsp3) is 0.111. The van der Waals surface area contributed by atoms with E-state index in [2.05, 4.69) is 4.98 Å². The largest absolute Gasteiger partial charge is 0.478 e. The lowest BCUT2D eigenvalue weighted by molar-refractivity contribution is 0.0695. The van der Waals surface area contributed by atoms with Crippen LogP contribution in [0.4, 0.5) is 13.2 Å². The minimum atomic E-state index is -1.52. The van der Waals surface area contributed by atoms with Crippen LogP contribution in [-0.4, -0.2) is 20.6 Å². The predicted molar refractivity (Wildman–Crippen MR) is 83.9 cm³/mol. The highest BCUT2D eigenvalue weighted by molar-refractivity contribution is 5.89. The summed E-state index contributed by atoms with van der Waals surface area (Å²) in [7, 11) is 0. The molecule has 1 heterocycles. The minimum Gasteiger partial charge on any atom is -0.478 e. The molecular weight excluding hydrogens is 333 g/mol. The van der Waals surface area contributed by atoms with E-state index in [1.54, 1.807) is 29.0 Å². The summed E-state index contributed by atoms with van der Waals surface area (Å²) >= 11 is 0. The van der Waals surface area contributed by atoms with Gasteiger partial charge in [0.1, 0.15) is 5.82 Å². The molecule has 0 atom stereocenters. The van der Waals surface area contributed by atoms with Crippen molar-refractivity contribution in [2.45, 2.75) is 13.0 Å². The Balaban J connectivity index is 1.90. The highest BCUT2D eigenvalue weighted by Crippen LogP contribution is 2.19. The Hall–Kier alpha value is -3.09. The summed E-state index contributed by atoms with van der Waals surface area (Å²) in [5.41, 5.74) is 0.680. The Kier molecular flexibility index (Phi) is 4.56. The van der Waals surface area contributed by atoms with Crippen molar-refractivity contribution < 1.29 is 23.1 Å². The van der Waals surface area contributed by atoms with E-state index in [1.165, 1.54) is 12.3 Å². The van der Waals surface area contributed by atoms with E-state index in [9.17, 15) is 23.1 Å². The molecule has 4 nitrogen and oxygen atoms in total. The van der Waals surface area contributed by atoms with Crippen molar-refractivity contribution in [3.63, 3.8) is 0 Å². The number of halogens is 3. The van der Waals surface area contributed by atoms with E-state index < -0.39 is 23.4 Å². The predicted octanol–water partition coefficient (Wildman–Crippen LogP) is 3.64. The second kappa shape index (κ2) is 6.80. The van der Waals surface area contributed by atoms with Crippen LogP contribution in [0.15, 0.2) is 48.8 Å². The van der Waals surface area contributed by atoms with Crippen LogP contribution in [0.25, 0.3) is 0 Å². The smallest absolute Gasteiger partial charge is 0.336 e. The van der Waals surface area contributed by atoms with Crippen LogP contribution in [0.5, 0.6) is 0 Å². The van der Waals surface area contributed by atoms with E-state index in [4.69, 9.17) is 0 Å². The van der Waals surface area contributed by atoms with Crippen molar-refractivity contribution in [1.82, 2.24) is 9.55 Å². The van der Waals surface area contributed by atoms with Gasteiger partial charge in [-0.25, -0.2) is 22.9 Å². The maximum absolute atomic E-state index is 13.9. The Morgan fingerprint density at radius 1 is 1.04 bits per heavy atom. The lowest BCUT2D eigenvalue weighted by Crippen LogP contribution is -2.10. The molecule has 1 N–H and O–H groups in total. The molecule has 0 spiro atoms. The van der Waals surface area contributed by atoms with Gasteiger partial charge in [0.2, 0.25) is 0 Å². The molecule has 0 aliphatic rings. The number of hydrogen-bond donors (Lipinski definition) is 1. The third kappa shape index (κ3) is 3.40. The Morgan fingerprint density at radius 3 is 2.56 bits per heavy atom. The van der Waals surface area contributed by atoms with Gasteiger partial charge in [-0.15, -0.1) is 0 Å². The number of rotatable bonds is 5. The number of nitrogens with zero attached hydrogens (tertiary/aromatic N) is 2. The first-order chi connectivity index (χ1) is 12.0. The maximum atomic E-state index is 13.9. The molecule has 0 aliphatic carbocycles. The van der Waals surface area contributed by atoms with Crippen LogP contribution in [0.3, 0.4) is 0 Å². The van der Waals surface area contributed by atoms with Gasteiger partial charge in [0, 0.05) is 25.4 Å². The van der Waals surface area contributed by atoms with E-state index in [-0.39, 0.29) is 24.1 Å². The summed E-state index contributed by atoms with van der Waals surface area (Å²) in [6.45, 7) is 0.211. The SMILES string of the molecule is O=C(O)c1ccccc1Cn1ccnc1Cc1ccc(F)c(F)c1F. The van der Waals surface area contributed by atoms with Gasteiger partial charge in [0.05, 0.1) is 5.56 Å². The lowest BCUT2D eigenvalue weighted by atomic mass is 10.1. The highest BCUT2D eigenvalue weighted by atomic mass is 19.2. The number of carbonyl (C=O) groups is 1. The summed E-state index contributed by atoms with van der Waals surface area (Å²) in [6, 6.07) is 8.53.